The van der Waals surface area contributed by atoms with Gasteiger partial charge in [-0.25, -0.2) is 0 Å². The number of hydrogen-bond acceptors (Lipinski definition) is 3. The van der Waals surface area contributed by atoms with Crippen LogP contribution in [0.3, 0.4) is 0 Å². The molecule has 0 amide bonds. The second kappa shape index (κ2) is 7.06. The number of nitrogens with one attached hydrogen (secondary N) is 1. The van der Waals surface area contributed by atoms with E-state index in [1.54, 1.807) is 0 Å². The quantitative estimate of drug-likeness (QED) is 0.785. The summed E-state index contributed by atoms with van der Waals surface area (Å²) in [5.41, 5.74) is 1.34. The summed E-state index contributed by atoms with van der Waals surface area (Å²) in [4.78, 5) is 2.49. The Morgan fingerprint density at radius 1 is 1.32 bits per heavy atom. The van der Waals surface area contributed by atoms with Gasteiger partial charge in [0.25, 0.3) is 0 Å². The number of aryl methyl sites for hydroxylation is 1. The molecule has 1 atom stereocenters. The minimum Gasteiger partial charge on any atom is -0.311 e. The molecule has 1 rings (SSSR count). The number of nitrogens with zero attached hydrogens (tertiary/aromatic N) is 3. The molecule has 0 aliphatic carbocycles. The van der Waals surface area contributed by atoms with Crippen LogP contribution < -0.4 is 5.32 Å². The van der Waals surface area contributed by atoms with Crippen molar-refractivity contribution < 1.29 is 0 Å². The lowest BCUT2D eigenvalue weighted by molar-refractivity contribution is 0.0944. The van der Waals surface area contributed by atoms with E-state index in [0.29, 0.717) is 0 Å². The fourth-order valence-corrected chi connectivity index (χ4v) is 3.03. The van der Waals surface area contributed by atoms with Crippen molar-refractivity contribution in [3.63, 3.8) is 0 Å². The van der Waals surface area contributed by atoms with E-state index in [-0.39, 0.29) is 11.6 Å². The minimum atomic E-state index is 0.0678. The normalized spacial score (nSPS) is 14.1. The summed E-state index contributed by atoms with van der Waals surface area (Å²) >= 11 is 0. The molecule has 1 N–H and O–H groups in total. The Bertz CT molecular complexity index is 366. The molecule has 4 heteroatoms. The Hall–Kier alpha value is -0.870. The molecule has 0 saturated carbocycles. The second-order valence-electron chi connectivity index (χ2n) is 5.58. The second-order valence-corrected chi connectivity index (χ2v) is 5.58. The molecule has 1 aromatic heterocycles. The van der Waals surface area contributed by atoms with Crippen LogP contribution in [0, 0.1) is 0 Å². The molecule has 1 aromatic rings. The molecular formula is C15H30N4. The van der Waals surface area contributed by atoms with Crippen LogP contribution in [0.4, 0.5) is 0 Å². The van der Waals surface area contributed by atoms with Gasteiger partial charge in [0.2, 0.25) is 0 Å². The molecular weight excluding hydrogens is 236 g/mol. The van der Waals surface area contributed by atoms with Crippen LogP contribution in [0.1, 0.15) is 52.6 Å². The summed E-state index contributed by atoms with van der Waals surface area (Å²) in [7, 11) is 2.03. The molecule has 0 spiro atoms. The van der Waals surface area contributed by atoms with Gasteiger partial charge in [-0.2, -0.15) is 5.10 Å². The maximum absolute atomic E-state index is 4.46. The van der Waals surface area contributed by atoms with E-state index in [1.807, 2.05) is 17.9 Å². The Morgan fingerprint density at radius 2 is 1.95 bits per heavy atom. The van der Waals surface area contributed by atoms with Crippen molar-refractivity contribution in [3.05, 3.63) is 18.0 Å². The number of aromatic nitrogens is 2. The van der Waals surface area contributed by atoms with Crippen molar-refractivity contribution in [1.29, 1.82) is 0 Å². The van der Waals surface area contributed by atoms with Crippen LogP contribution in [0.15, 0.2) is 12.4 Å². The van der Waals surface area contributed by atoms with Crippen molar-refractivity contribution in [2.75, 3.05) is 20.1 Å². The Morgan fingerprint density at radius 3 is 2.42 bits per heavy atom. The molecule has 19 heavy (non-hydrogen) atoms. The molecule has 0 aliphatic rings. The zero-order valence-corrected chi connectivity index (χ0v) is 13.4. The summed E-state index contributed by atoms with van der Waals surface area (Å²) in [6, 6.07) is 0.290. The topological polar surface area (TPSA) is 33.1 Å². The van der Waals surface area contributed by atoms with Crippen molar-refractivity contribution in [2.45, 2.75) is 59.2 Å². The molecule has 0 aliphatic heterocycles. The van der Waals surface area contributed by atoms with E-state index >= 15 is 0 Å². The van der Waals surface area contributed by atoms with E-state index in [9.17, 15) is 0 Å². The first-order valence-corrected chi connectivity index (χ1v) is 7.45. The molecule has 0 fully saturated rings. The SMILES string of the molecule is CCCn1cc(C(NC)C(C)(C)N(CC)CC)cn1. The summed E-state index contributed by atoms with van der Waals surface area (Å²) in [5, 5.41) is 7.93. The van der Waals surface area contributed by atoms with Crippen LogP contribution in [0.2, 0.25) is 0 Å². The van der Waals surface area contributed by atoms with Crippen LogP contribution in [0.5, 0.6) is 0 Å². The molecule has 0 radical (unpaired) electrons. The highest BCUT2D eigenvalue weighted by Gasteiger charge is 2.34. The van der Waals surface area contributed by atoms with Crippen molar-refractivity contribution in [3.8, 4) is 0 Å². The van der Waals surface area contributed by atoms with E-state index in [4.69, 9.17) is 0 Å². The Labute approximate surface area is 118 Å². The lowest BCUT2D eigenvalue weighted by Crippen LogP contribution is -2.51. The lowest BCUT2D eigenvalue weighted by Gasteiger charge is -2.43. The fraction of sp³-hybridized carbons (Fsp3) is 0.800. The fourth-order valence-electron chi connectivity index (χ4n) is 3.03. The smallest absolute Gasteiger partial charge is 0.0538 e. The van der Waals surface area contributed by atoms with Gasteiger partial charge < -0.3 is 5.32 Å². The van der Waals surface area contributed by atoms with Crippen molar-refractivity contribution in [1.82, 2.24) is 20.0 Å². The third kappa shape index (κ3) is 3.57. The summed E-state index contributed by atoms with van der Waals surface area (Å²) in [6.45, 7) is 14.3. The van der Waals surface area contributed by atoms with Crippen molar-refractivity contribution in [2.24, 2.45) is 0 Å². The van der Waals surface area contributed by atoms with Gasteiger partial charge in [0.05, 0.1) is 12.2 Å². The van der Waals surface area contributed by atoms with Crippen LogP contribution in [-0.2, 0) is 6.54 Å². The highest BCUT2D eigenvalue weighted by molar-refractivity contribution is 5.16. The van der Waals surface area contributed by atoms with Gasteiger partial charge in [0.1, 0.15) is 0 Å². The number of likely N-dealkylation sites (N-methyl/N-ethyl adjacent to an activating group) is 2. The average Bonchev–Trinajstić information content (AvgIpc) is 2.79. The van der Waals surface area contributed by atoms with Crippen LogP contribution in [-0.4, -0.2) is 40.4 Å². The molecule has 110 valence electrons. The van der Waals surface area contributed by atoms with E-state index in [0.717, 1.165) is 26.1 Å². The average molecular weight is 266 g/mol. The monoisotopic (exact) mass is 266 g/mol. The Kier molecular flexibility index (Phi) is 6.01. The van der Waals surface area contributed by atoms with Crippen LogP contribution >= 0.6 is 0 Å². The lowest BCUT2D eigenvalue weighted by atomic mass is 9.88. The van der Waals surface area contributed by atoms with Gasteiger partial charge >= 0.3 is 0 Å². The third-order valence-corrected chi connectivity index (χ3v) is 4.01. The molecule has 0 bridgehead atoms. The van der Waals surface area contributed by atoms with E-state index in [2.05, 4.69) is 56.1 Å². The zero-order chi connectivity index (χ0) is 14.5. The van der Waals surface area contributed by atoms with E-state index < -0.39 is 0 Å². The van der Waals surface area contributed by atoms with Crippen LogP contribution in [0.25, 0.3) is 0 Å². The molecule has 4 nitrogen and oxygen atoms in total. The highest BCUT2D eigenvalue weighted by Crippen LogP contribution is 2.30. The molecule has 1 heterocycles. The summed E-state index contributed by atoms with van der Waals surface area (Å²) in [6.07, 6.45) is 5.29. The maximum Gasteiger partial charge on any atom is 0.0538 e. The maximum atomic E-state index is 4.46. The largest absolute Gasteiger partial charge is 0.311 e. The molecule has 1 unspecified atom stereocenters. The number of rotatable bonds is 8. The van der Waals surface area contributed by atoms with Gasteiger partial charge in [-0.15, -0.1) is 0 Å². The molecule has 0 saturated heterocycles. The third-order valence-electron chi connectivity index (χ3n) is 4.01. The van der Waals surface area contributed by atoms with E-state index in [1.165, 1.54) is 5.56 Å². The first-order chi connectivity index (χ1) is 9.01. The van der Waals surface area contributed by atoms with Crippen molar-refractivity contribution >= 4 is 0 Å². The van der Waals surface area contributed by atoms with Gasteiger partial charge in [0, 0.05) is 23.8 Å². The standard InChI is InChI=1S/C15H30N4/c1-7-10-19-12-13(11-17-19)14(16-6)15(4,5)18(8-2)9-3/h11-12,14,16H,7-10H2,1-6H3. The minimum absolute atomic E-state index is 0.0678. The summed E-state index contributed by atoms with van der Waals surface area (Å²) in [5.74, 6) is 0. The predicted molar refractivity (Wildman–Crippen MR) is 81.3 cm³/mol. The zero-order valence-electron chi connectivity index (χ0n) is 13.4. The highest BCUT2D eigenvalue weighted by atomic mass is 15.3. The number of hydrogen-bond donors (Lipinski definition) is 1. The van der Waals surface area contributed by atoms with Gasteiger partial charge in [0.15, 0.2) is 0 Å². The van der Waals surface area contributed by atoms with Gasteiger partial charge in [-0.05, 0) is 40.4 Å². The first-order valence-electron chi connectivity index (χ1n) is 7.45. The van der Waals surface area contributed by atoms with Gasteiger partial charge in [-0.1, -0.05) is 20.8 Å². The summed E-state index contributed by atoms with van der Waals surface area (Å²) < 4.78 is 2.04. The first kappa shape index (κ1) is 16.2. The van der Waals surface area contributed by atoms with Gasteiger partial charge in [-0.3, -0.25) is 9.58 Å². The predicted octanol–water partition coefficient (Wildman–Crippen LogP) is 2.67. The Balaban J connectivity index is 2.97. The molecule has 0 aromatic carbocycles.